The van der Waals surface area contributed by atoms with E-state index in [0.717, 1.165) is 35.1 Å². The minimum Gasteiger partial charge on any atom is -0.236 e. The van der Waals surface area contributed by atoms with Gasteiger partial charge in [-0.2, -0.15) is 0 Å². The minimum atomic E-state index is -0.923. The molecule has 0 amide bonds. The zero-order chi connectivity index (χ0) is 24.1. The van der Waals surface area contributed by atoms with Crippen LogP contribution in [0.25, 0.3) is 22.5 Å². The first kappa shape index (κ1) is 23.7. The fraction of sp³-hybridized carbons (Fsp3) is 0.241. The zero-order valence-corrected chi connectivity index (χ0v) is 19.4. The molecule has 0 saturated carbocycles. The van der Waals surface area contributed by atoms with Crippen LogP contribution in [0.2, 0.25) is 0 Å². The second-order valence-corrected chi connectivity index (χ2v) is 8.42. The highest BCUT2D eigenvalue weighted by Crippen LogP contribution is 2.26. The van der Waals surface area contributed by atoms with Crippen molar-refractivity contribution in [2.24, 2.45) is 0 Å². The van der Waals surface area contributed by atoms with Gasteiger partial charge in [-0.15, -0.1) is 0 Å². The lowest BCUT2D eigenvalue weighted by Crippen LogP contribution is -2.01. The van der Waals surface area contributed by atoms with Crippen LogP contribution in [0.15, 0.2) is 67.0 Å². The molecular weight excluding hydrogens is 433 g/mol. The van der Waals surface area contributed by atoms with E-state index in [9.17, 15) is 13.2 Å². The second kappa shape index (κ2) is 10.6. The molecule has 0 unspecified atom stereocenters. The molecule has 0 aliphatic rings. The van der Waals surface area contributed by atoms with Crippen molar-refractivity contribution in [1.82, 2.24) is 9.97 Å². The standard InChI is InChI=1S/C29H27F3N2/c1-3-5-20-17-33-29(34-18-20)25-15-14-23(27(31)28(25)32)11-8-19-6-9-22(10-7-19)24-13-12-21(4-2)26(30)16-24/h6-7,9-10,12-18H,3-5,8,11H2,1-2H3. The highest BCUT2D eigenvalue weighted by Gasteiger charge is 2.16. The summed E-state index contributed by atoms with van der Waals surface area (Å²) in [5.74, 6) is -1.80. The average Bonchev–Trinajstić information content (AvgIpc) is 2.86. The van der Waals surface area contributed by atoms with Gasteiger partial charge in [0.2, 0.25) is 0 Å². The van der Waals surface area contributed by atoms with Gasteiger partial charge in [-0.3, -0.25) is 0 Å². The number of hydrogen-bond donors (Lipinski definition) is 0. The molecule has 0 aliphatic heterocycles. The van der Waals surface area contributed by atoms with Crippen LogP contribution in [0.5, 0.6) is 0 Å². The lowest BCUT2D eigenvalue weighted by atomic mass is 9.98. The van der Waals surface area contributed by atoms with Gasteiger partial charge >= 0.3 is 0 Å². The summed E-state index contributed by atoms with van der Waals surface area (Å²) < 4.78 is 43.6. The van der Waals surface area contributed by atoms with Gasteiger partial charge in [0.1, 0.15) is 5.82 Å². The Bertz CT molecular complexity index is 1270. The number of rotatable bonds is 8. The molecule has 4 rings (SSSR count). The Labute approximate surface area is 198 Å². The van der Waals surface area contributed by atoms with Crippen LogP contribution in [-0.2, 0) is 25.7 Å². The predicted molar refractivity (Wildman–Crippen MR) is 130 cm³/mol. The minimum absolute atomic E-state index is 0.0648. The van der Waals surface area contributed by atoms with Crippen molar-refractivity contribution in [2.45, 2.75) is 46.0 Å². The van der Waals surface area contributed by atoms with E-state index in [-0.39, 0.29) is 17.2 Å². The third kappa shape index (κ3) is 5.19. The van der Waals surface area contributed by atoms with Crippen molar-refractivity contribution in [3.05, 3.63) is 107 Å². The van der Waals surface area contributed by atoms with Gasteiger partial charge in [0, 0.05) is 12.4 Å². The van der Waals surface area contributed by atoms with Crippen molar-refractivity contribution in [2.75, 3.05) is 0 Å². The monoisotopic (exact) mass is 460 g/mol. The quantitative estimate of drug-likeness (QED) is 0.272. The third-order valence-electron chi connectivity index (χ3n) is 6.05. The Morgan fingerprint density at radius 1 is 0.647 bits per heavy atom. The Kier molecular flexibility index (Phi) is 7.41. The average molecular weight is 461 g/mol. The fourth-order valence-corrected chi connectivity index (χ4v) is 4.02. The molecule has 5 heteroatoms. The van der Waals surface area contributed by atoms with Crippen LogP contribution >= 0.6 is 0 Å². The smallest absolute Gasteiger partial charge is 0.170 e. The van der Waals surface area contributed by atoms with Crippen molar-refractivity contribution >= 4 is 0 Å². The maximum absolute atomic E-state index is 14.8. The van der Waals surface area contributed by atoms with E-state index < -0.39 is 11.6 Å². The van der Waals surface area contributed by atoms with Crippen molar-refractivity contribution in [3.8, 4) is 22.5 Å². The van der Waals surface area contributed by atoms with Gasteiger partial charge in [-0.25, -0.2) is 23.1 Å². The van der Waals surface area contributed by atoms with Gasteiger partial charge in [0.15, 0.2) is 17.5 Å². The first-order chi connectivity index (χ1) is 16.5. The van der Waals surface area contributed by atoms with E-state index >= 15 is 0 Å². The molecule has 0 aliphatic carbocycles. The second-order valence-electron chi connectivity index (χ2n) is 8.42. The number of aromatic nitrogens is 2. The number of benzene rings is 3. The SMILES string of the molecule is CCCc1cnc(-c2ccc(CCc3ccc(-c4ccc(CC)c(F)c4)cc3)c(F)c2F)nc1. The molecule has 0 N–H and O–H groups in total. The van der Waals surface area contributed by atoms with E-state index in [2.05, 4.69) is 16.9 Å². The molecule has 0 atom stereocenters. The Morgan fingerprint density at radius 2 is 1.32 bits per heavy atom. The van der Waals surface area contributed by atoms with E-state index in [1.165, 1.54) is 0 Å². The predicted octanol–water partition coefficient (Wildman–Crippen LogP) is 7.53. The zero-order valence-electron chi connectivity index (χ0n) is 19.4. The Morgan fingerprint density at radius 3 is 1.97 bits per heavy atom. The first-order valence-corrected chi connectivity index (χ1v) is 11.7. The molecule has 0 saturated heterocycles. The van der Waals surface area contributed by atoms with Crippen molar-refractivity contribution in [1.29, 1.82) is 0 Å². The summed E-state index contributed by atoms with van der Waals surface area (Å²) in [6.07, 6.45) is 6.70. The molecule has 4 aromatic rings. The molecule has 0 radical (unpaired) electrons. The lowest BCUT2D eigenvalue weighted by Gasteiger charge is -2.09. The number of nitrogens with zero attached hydrogens (tertiary/aromatic N) is 2. The van der Waals surface area contributed by atoms with Gasteiger partial charge < -0.3 is 0 Å². The number of halogens is 3. The number of hydrogen-bond acceptors (Lipinski definition) is 2. The molecule has 3 aromatic carbocycles. The summed E-state index contributed by atoms with van der Waals surface area (Å²) in [5.41, 5.74) is 4.76. The first-order valence-electron chi connectivity index (χ1n) is 11.7. The summed E-state index contributed by atoms with van der Waals surface area (Å²) in [6, 6.07) is 16.1. The van der Waals surface area contributed by atoms with Crippen LogP contribution in [0, 0.1) is 17.5 Å². The maximum Gasteiger partial charge on any atom is 0.170 e. The van der Waals surface area contributed by atoms with E-state index in [0.29, 0.717) is 30.4 Å². The summed E-state index contributed by atoms with van der Waals surface area (Å²) in [4.78, 5) is 8.40. The van der Waals surface area contributed by atoms with E-state index in [4.69, 9.17) is 0 Å². The van der Waals surface area contributed by atoms with Crippen LogP contribution < -0.4 is 0 Å². The van der Waals surface area contributed by atoms with Gasteiger partial charge in [-0.1, -0.05) is 62.7 Å². The molecule has 2 nitrogen and oxygen atoms in total. The molecule has 0 spiro atoms. The largest absolute Gasteiger partial charge is 0.236 e. The topological polar surface area (TPSA) is 25.8 Å². The third-order valence-corrected chi connectivity index (χ3v) is 6.05. The summed E-state index contributed by atoms with van der Waals surface area (Å²) >= 11 is 0. The van der Waals surface area contributed by atoms with E-state index in [1.807, 2.05) is 43.3 Å². The lowest BCUT2D eigenvalue weighted by molar-refractivity contribution is 0.500. The van der Waals surface area contributed by atoms with Crippen LogP contribution in [-0.4, -0.2) is 9.97 Å². The molecule has 174 valence electrons. The fourth-order valence-electron chi connectivity index (χ4n) is 4.02. The summed E-state index contributed by atoms with van der Waals surface area (Å²) in [6.45, 7) is 3.98. The summed E-state index contributed by atoms with van der Waals surface area (Å²) in [7, 11) is 0. The van der Waals surface area contributed by atoms with Crippen molar-refractivity contribution in [3.63, 3.8) is 0 Å². The molecule has 0 fully saturated rings. The van der Waals surface area contributed by atoms with Crippen LogP contribution in [0.1, 0.15) is 42.5 Å². The molecular formula is C29H27F3N2. The van der Waals surface area contributed by atoms with Gasteiger partial charge in [-0.05, 0) is 71.2 Å². The Balaban J connectivity index is 1.45. The van der Waals surface area contributed by atoms with E-state index in [1.54, 1.807) is 30.6 Å². The highest BCUT2D eigenvalue weighted by atomic mass is 19.2. The molecule has 0 bridgehead atoms. The van der Waals surface area contributed by atoms with Crippen LogP contribution in [0.3, 0.4) is 0 Å². The van der Waals surface area contributed by atoms with Crippen molar-refractivity contribution < 1.29 is 13.2 Å². The molecule has 1 heterocycles. The Hall–Kier alpha value is -3.47. The van der Waals surface area contributed by atoms with Gasteiger partial charge in [0.25, 0.3) is 0 Å². The highest BCUT2D eigenvalue weighted by molar-refractivity contribution is 5.64. The normalized spacial score (nSPS) is 11.1. The number of aryl methyl sites for hydroxylation is 4. The maximum atomic E-state index is 14.8. The summed E-state index contributed by atoms with van der Waals surface area (Å²) in [5, 5.41) is 0. The molecule has 1 aromatic heterocycles. The van der Waals surface area contributed by atoms with Gasteiger partial charge in [0.05, 0.1) is 5.56 Å². The van der Waals surface area contributed by atoms with Crippen LogP contribution in [0.4, 0.5) is 13.2 Å². The molecule has 34 heavy (non-hydrogen) atoms.